The van der Waals surface area contributed by atoms with Gasteiger partial charge in [-0.1, -0.05) is 0 Å². The summed E-state index contributed by atoms with van der Waals surface area (Å²) in [5, 5.41) is 0. The fourth-order valence-electron chi connectivity index (χ4n) is 2.06. The zero-order chi connectivity index (χ0) is 15.8. The Morgan fingerprint density at radius 3 is 2.57 bits per heavy atom. The maximum Gasteiger partial charge on any atom is 0.245 e. The SMILES string of the molecule is Nc1cc(F)c(Br)cc1S(=O)(=O)N1CCCS(=O)(=O)CC1. The van der Waals surface area contributed by atoms with E-state index >= 15 is 0 Å². The van der Waals surface area contributed by atoms with Gasteiger partial charge in [0.2, 0.25) is 10.0 Å². The van der Waals surface area contributed by atoms with Crippen LogP contribution in [0.15, 0.2) is 21.5 Å². The molecular formula is C11H14BrFN2O4S2. The van der Waals surface area contributed by atoms with Crippen molar-refractivity contribution in [1.82, 2.24) is 4.31 Å². The molecule has 1 aromatic carbocycles. The number of hydrogen-bond donors (Lipinski definition) is 1. The van der Waals surface area contributed by atoms with E-state index in [4.69, 9.17) is 5.73 Å². The molecule has 1 heterocycles. The summed E-state index contributed by atoms with van der Waals surface area (Å²) in [5.41, 5.74) is 5.38. The van der Waals surface area contributed by atoms with Crippen LogP contribution in [-0.4, -0.2) is 45.7 Å². The molecule has 21 heavy (non-hydrogen) atoms. The first-order valence-electron chi connectivity index (χ1n) is 6.08. The highest BCUT2D eigenvalue weighted by molar-refractivity contribution is 9.10. The van der Waals surface area contributed by atoms with E-state index in [0.29, 0.717) is 0 Å². The van der Waals surface area contributed by atoms with Crippen LogP contribution in [0.4, 0.5) is 10.1 Å². The van der Waals surface area contributed by atoms with Gasteiger partial charge in [-0.2, -0.15) is 4.31 Å². The molecule has 0 aliphatic carbocycles. The van der Waals surface area contributed by atoms with Crippen molar-refractivity contribution in [2.45, 2.75) is 11.3 Å². The van der Waals surface area contributed by atoms with E-state index in [0.717, 1.165) is 16.4 Å². The molecule has 2 rings (SSSR count). The maximum absolute atomic E-state index is 13.3. The summed E-state index contributed by atoms with van der Waals surface area (Å²) in [6.07, 6.45) is 0.226. The van der Waals surface area contributed by atoms with Gasteiger partial charge in [0, 0.05) is 13.1 Å². The third kappa shape index (κ3) is 3.55. The van der Waals surface area contributed by atoms with Gasteiger partial charge in [0.15, 0.2) is 9.84 Å². The number of nitrogens with zero attached hydrogens (tertiary/aromatic N) is 1. The summed E-state index contributed by atoms with van der Waals surface area (Å²) in [6, 6.07) is 2.02. The molecular weight excluding hydrogens is 387 g/mol. The smallest absolute Gasteiger partial charge is 0.245 e. The molecule has 1 aliphatic heterocycles. The Morgan fingerprint density at radius 1 is 1.24 bits per heavy atom. The third-order valence-electron chi connectivity index (χ3n) is 3.19. The molecule has 0 radical (unpaired) electrons. The van der Waals surface area contributed by atoms with Gasteiger partial charge < -0.3 is 5.73 Å². The van der Waals surface area contributed by atoms with E-state index in [1.54, 1.807) is 0 Å². The maximum atomic E-state index is 13.3. The van der Waals surface area contributed by atoms with Gasteiger partial charge in [-0.25, -0.2) is 21.2 Å². The molecule has 0 spiro atoms. The summed E-state index contributed by atoms with van der Waals surface area (Å²) < 4.78 is 62.6. The average Bonchev–Trinajstić information content (AvgIpc) is 2.55. The van der Waals surface area contributed by atoms with Crippen molar-refractivity contribution in [3.05, 3.63) is 22.4 Å². The third-order valence-corrected chi connectivity index (χ3v) is 7.46. The minimum atomic E-state index is -3.96. The van der Waals surface area contributed by atoms with Gasteiger partial charge in [0.1, 0.15) is 10.7 Å². The van der Waals surface area contributed by atoms with Crippen molar-refractivity contribution in [1.29, 1.82) is 0 Å². The first-order chi connectivity index (χ1) is 9.63. The molecule has 1 fully saturated rings. The highest BCUT2D eigenvalue weighted by Gasteiger charge is 2.30. The van der Waals surface area contributed by atoms with E-state index in [2.05, 4.69) is 15.9 Å². The van der Waals surface area contributed by atoms with Gasteiger partial charge >= 0.3 is 0 Å². The summed E-state index contributed by atoms with van der Waals surface area (Å²) in [4.78, 5) is -0.227. The molecule has 6 nitrogen and oxygen atoms in total. The second kappa shape index (κ2) is 5.82. The van der Waals surface area contributed by atoms with Crippen LogP contribution in [-0.2, 0) is 19.9 Å². The van der Waals surface area contributed by atoms with Gasteiger partial charge in [-0.15, -0.1) is 0 Å². The fraction of sp³-hybridized carbons (Fsp3) is 0.455. The Morgan fingerprint density at radius 2 is 1.90 bits per heavy atom. The van der Waals surface area contributed by atoms with Crippen LogP contribution in [0.25, 0.3) is 0 Å². The van der Waals surface area contributed by atoms with Gasteiger partial charge in [0.05, 0.1) is 21.7 Å². The van der Waals surface area contributed by atoms with Gasteiger partial charge in [0.25, 0.3) is 0 Å². The molecule has 0 unspecified atom stereocenters. The molecule has 0 aromatic heterocycles. The minimum absolute atomic E-state index is 0.0160. The lowest BCUT2D eigenvalue weighted by Crippen LogP contribution is -2.34. The molecule has 1 aromatic rings. The summed E-state index contributed by atoms with van der Waals surface area (Å²) >= 11 is 2.92. The average molecular weight is 401 g/mol. The molecule has 118 valence electrons. The first-order valence-corrected chi connectivity index (χ1v) is 10.1. The number of hydrogen-bond acceptors (Lipinski definition) is 5. The largest absolute Gasteiger partial charge is 0.398 e. The molecule has 1 aliphatic rings. The standard InChI is InChI=1S/C11H14BrFN2O4S2/c12-8-6-11(10(14)7-9(8)13)21(18,19)15-2-1-4-20(16,17)5-3-15/h6-7H,1-5,14H2. The second-order valence-electron chi connectivity index (χ2n) is 4.71. The molecule has 0 bridgehead atoms. The Hall–Kier alpha value is -0.710. The predicted octanol–water partition coefficient (Wildman–Crippen LogP) is 0.980. The van der Waals surface area contributed by atoms with Crippen molar-refractivity contribution >= 4 is 41.5 Å². The number of nitrogens with two attached hydrogens (primary N) is 1. The Labute approximate surface area is 131 Å². The number of anilines is 1. The molecule has 0 atom stereocenters. The van der Waals surface area contributed by atoms with E-state index < -0.39 is 25.7 Å². The number of halogens is 2. The van der Waals surface area contributed by atoms with Crippen molar-refractivity contribution < 1.29 is 21.2 Å². The lowest BCUT2D eigenvalue weighted by molar-refractivity contribution is 0.435. The van der Waals surface area contributed by atoms with E-state index in [1.165, 1.54) is 0 Å². The van der Waals surface area contributed by atoms with Crippen LogP contribution in [0.2, 0.25) is 0 Å². The zero-order valence-corrected chi connectivity index (χ0v) is 14.1. The van der Waals surface area contributed by atoms with Crippen molar-refractivity contribution in [3.63, 3.8) is 0 Å². The van der Waals surface area contributed by atoms with Gasteiger partial charge in [-0.05, 0) is 34.5 Å². The fourth-order valence-corrected chi connectivity index (χ4v) is 5.55. The van der Waals surface area contributed by atoms with Crippen molar-refractivity contribution in [2.24, 2.45) is 0 Å². The number of nitrogen functional groups attached to an aromatic ring is 1. The monoisotopic (exact) mass is 400 g/mol. The van der Waals surface area contributed by atoms with E-state index in [1.807, 2.05) is 0 Å². The number of sulfone groups is 1. The topological polar surface area (TPSA) is 97.5 Å². The summed E-state index contributed by atoms with van der Waals surface area (Å²) in [7, 11) is -7.18. The Bertz CT molecular complexity index is 765. The molecule has 2 N–H and O–H groups in total. The summed E-state index contributed by atoms with van der Waals surface area (Å²) in [5.74, 6) is -0.930. The van der Waals surface area contributed by atoms with Crippen LogP contribution in [0.1, 0.15) is 6.42 Å². The number of rotatable bonds is 2. The lowest BCUT2D eigenvalue weighted by atomic mass is 10.3. The van der Waals surface area contributed by atoms with E-state index in [-0.39, 0.29) is 46.1 Å². The molecule has 0 saturated carbocycles. The molecule has 10 heteroatoms. The Balaban J connectivity index is 2.41. The lowest BCUT2D eigenvalue weighted by Gasteiger charge is -2.20. The van der Waals surface area contributed by atoms with Crippen LogP contribution in [0, 0.1) is 5.82 Å². The number of sulfonamides is 1. The van der Waals surface area contributed by atoms with E-state index in [9.17, 15) is 21.2 Å². The number of benzene rings is 1. The zero-order valence-electron chi connectivity index (χ0n) is 10.9. The molecule has 1 saturated heterocycles. The minimum Gasteiger partial charge on any atom is -0.398 e. The van der Waals surface area contributed by atoms with Crippen molar-refractivity contribution in [3.8, 4) is 0 Å². The van der Waals surface area contributed by atoms with Crippen molar-refractivity contribution in [2.75, 3.05) is 30.3 Å². The summed E-state index contributed by atoms with van der Waals surface area (Å²) in [6.45, 7) is -0.0326. The first kappa shape index (κ1) is 16.7. The molecule has 0 amide bonds. The van der Waals surface area contributed by atoms with Crippen LogP contribution in [0.3, 0.4) is 0 Å². The quantitative estimate of drug-likeness (QED) is 0.746. The highest BCUT2D eigenvalue weighted by atomic mass is 79.9. The van der Waals surface area contributed by atoms with Gasteiger partial charge in [-0.3, -0.25) is 0 Å². The predicted molar refractivity (Wildman–Crippen MR) is 80.5 cm³/mol. The van der Waals surface area contributed by atoms with Crippen LogP contribution >= 0.6 is 15.9 Å². The van der Waals surface area contributed by atoms with Crippen LogP contribution < -0.4 is 5.73 Å². The normalized spacial score (nSPS) is 20.1. The highest BCUT2D eigenvalue weighted by Crippen LogP contribution is 2.29. The second-order valence-corrected chi connectivity index (χ2v) is 9.78. The Kier molecular flexibility index (Phi) is 4.62. The van der Waals surface area contributed by atoms with Crippen LogP contribution in [0.5, 0.6) is 0 Å².